The van der Waals surface area contributed by atoms with Crippen molar-refractivity contribution >= 4 is 33.6 Å². The van der Waals surface area contributed by atoms with Gasteiger partial charge in [-0.05, 0) is 30.3 Å². The highest BCUT2D eigenvalue weighted by Gasteiger charge is 2.04. The van der Waals surface area contributed by atoms with Gasteiger partial charge in [-0.15, -0.1) is 11.3 Å². The van der Waals surface area contributed by atoms with Crippen LogP contribution in [-0.4, -0.2) is 16.2 Å². The van der Waals surface area contributed by atoms with E-state index in [0.717, 1.165) is 27.7 Å². The highest BCUT2D eigenvalue weighted by atomic mass is 32.1. The third-order valence-corrected chi connectivity index (χ3v) is 4.38. The number of H-pyrrole nitrogens is 1. The number of para-hydroxylation sites is 1. The Morgan fingerprint density at radius 2 is 1.96 bits per heavy atom. The first-order valence-electron chi connectivity index (χ1n) is 7.36. The minimum atomic E-state index is -0.254. The smallest absolute Gasteiger partial charge is 0.203 e. The maximum Gasteiger partial charge on any atom is 0.203 e. The first-order valence-corrected chi connectivity index (χ1v) is 8.24. The van der Waals surface area contributed by atoms with Crippen molar-refractivity contribution in [2.75, 3.05) is 5.43 Å². The molecule has 0 amide bonds. The minimum Gasteiger partial charge on any atom is -0.361 e. The number of aromatic amines is 1. The van der Waals surface area contributed by atoms with Crippen molar-refractivity contribution in [1.82, 2.24) is 9.97 Å². The lowest BCUT2D eigenvalue weighted by atomic mass is 10.2. The van der Waals surface area contributed by atoms with Crippen LogP contribution in [0.15, 0.2) is 65.2 Å². The topological polar surface area (TPSA) is 53.1 Å². The molecule has 6 heteroatoms. The molecule has 4 rings (SSSR count). The van der Waals surface area contributed by atoms with E-state index in [9.17, 15) is 4.39 Å². The molecule has 0 aliphatic carbocycles. The van der Waals surface area contributed by atoms with Gasteiger partial charge in [-0.1, -0.05) is 18.2 Å². The number of nitrogens with one attached hydrogen (secondary N) is 2. The molecular weight excluding hydrogens is 323 g/mol. The molecule has 0 spiro atoms. The summed E-state index contributed by atoms with van der Waals surface area (Å²) in [6, 6.07) is 14.3. The molecule has 0 bridgehead atoms. The van der Waals surface area contributed by atoms with Gasteiger partial charge in [0.1, 0.15) is 5.82 Å². The lowest BCUT2D eigenvalue weighted by Gasteiger charge is -1.96. The molecular formula is C18H13FN4S. The van der Waals surface area contributed by atoms with Crippen molar-refractivity contribution in [3.05, 3.63) is 71.5 Å². The summed E-state index contributed by atoms with van der Waals surface area (Å²) in [5, 5.41) is 7.97. The molecule has 2 aromatic heterocycles. The zero-order valence-corrected chi connectivity index (χ0v) is 13.3. The predicted octanol–water partition coefficient (Wildman–Crippen LogP) is 4.88. The summed E-state index contributed by atoms with van der Waals surface area (Å²) in [6.45, 7) is 0. The maximum absolute atomic E-state index is 13.0. The number of benzene rings is 2. The Balaban J connectivity index is 1.49. The number of nitrogens with zero attached hydrogens (tertiary/aromatic N) is 2. The van der Waals surface area contributed by atoms with Crippen molar-refractivity contribution in [1.29, 1.82) is 0 Å². The lowest BCUT2D eigenvalue weighted by molar-refractivity contribution is 0.628. The summed E-state index contributed by atoms with van der Waals surface area (Å²) in [7, 11) is 0. The van der Waals surface area contributed by atoms with E-state index in [0.29, 0.717) is 5.13 Å². The Kier molecular flexibility index (Phi) is 3.80. The zero-order chi connectivity index (χ0) is 16.4. The van der Waals surface area contributed by atoms with Gasteiger partial charge >= 0.3 is 0 Å². The first-order chi connectivity index (χ1) is 11.8. The third kappa shape index (κ3) is 2.91. The van der Waals surface area contributed by atoms with E-state index >= 15 is 0 Å². The van der Waals surface area contributed by atoms with Gasteiger partial charge in [0.15, 0.2) is 0 Å². The van der Waals surface area contributed by atoms with Gasteiger partial charge in [0.25, 0.3) is 0 Å². The van der Waals surface area contributed by atoms with E-state index in [-0.39, 0.29) is 5.82 Å². The Morgan fingerprint density at radius 1 is 1.12 bits per heavy atom. The molecule has 24 heavy (non-hydrogen) atoms. The van der Waals surface area contributed by atoms with Crippen LogP contribution in [0.25, 0.3) is 22.2 Å². The van der Waals surface area contributed by atoms with E-state index < -0.39 is 0 Å². The number of halogens is 1. The van der Waals surface area contributed by atoms with E-state index in [1.54, 1.807) is 18.3 Å². The van der Waals surface area contributed by atoms with Gasteiger partial charge in [-0.3, -0.25) is 5.43 Å². The molecule has 4 aromatic rings. The van der Waals surface area contributed by atoms with E-state index in [4.69, 9.17) is 0 Å². The summed E-state index contributed by atoms with van der Waals surface area (Å²) in [5.74, 6) is -0.254. The van der Waals surface area contributed by atoms with Crippen LogP contribution < -0.4 is 5.43 Å². The molecule has 0 saturated carbocycles. The van der Waals surface area contributed by atoms with Gasteiger partial charge in [0.2, 0.25) is 5.13 Å². The van der Waals surface area contributed by atoms with Gasteiger partial charge in [0, 0.05) is 33.6 Å². The summed E-state index contributed by atoms with van der Waals surface area (Å²) in [6.07, 6.45) is 3.68. The summed E-state index contributed by atoms with van der Waals surface area (Å²) in [4.78, 5) is 7.66. The molecule has 0 aliphatic rings. The normalized spacial score (nSPS) is 11.4. The number of rotatable bonds is 4. The van der Waals surface area contributed by atoms with E-state index in [1.807, 2.05) is 35.8 Å². The van der Waals surface area contributed by atoms with Crippen molar-refractivity contribution in [2.24, 2.45) is 5.10 Å². The molecule has 0 unspecified atom stereocenters. The fourth-order valence-electron chi connectivity index (χ4n) is 2.44. The molecule has 4 nitrogen and oxygen atoms in total. The largest absolute Gasteiger partial charge is 0.361 e. The number of anilines is 1. The van der Waals surface area contributed by atoms with Crippen LogP contribution in [0.3, 0.4) is 0 Å². The molecule has 118 valence electrons. The van der Waals surface area contributed by atoms with Gasteiger partial charge in [0.05, 0.1) is 11.9 Å². The monoisotopic (exact) mass is 336 g/mol. The lowest BCUT2D eigenvalue weighted by Crippen LogP contribution is -1.89. The minimum absolute atomic E-state index is 0.254. The first kappa shape index (κ1) is 14.6. The average Bonchev–Trinajstić information content (AvgIpc) is 3.23. The molecule has 2 aromatic carbocycles. The van der Waals surface area contributed by atoms with E-state index in [1.165, 1.54) is 23.5 Å². The number of hydrogen-bond donors (Lipinski definition) is 2. The average molecular weight is 336 g/mol. The van der Waals surface area contributed by atoms with Crippen LogP contribution in [0.1, 0.15) is 5.56 Å². The maximum atomic E-state index is 13.0. The van der Waals surface area contributed by atoms with Crippen LogP contribution in [0.2, 0.25) is 0 Å². The number of thiazole rings is 1. The fourth-order valence-corrected chi connectivity index (χ4v) is 3.10. The highest BCUT2D eigenvalue weighted by Crippen LogP contribution is 2.25. The van der Waals surface area contributed by atoms with Crippen LogP contribution in [-0.2, 0) is 0 Å². The summed E-state index contributed by atoms with van der Waals surface area (Å²) >= 11 is 1.45. The number of hydrogen-bond acceptors (Lipinski definition) is 4. The molecule has 2 heterocycles. The molecule has 0 aliphatic heterocycles. The number of fused-ring (bicyclic) bond motifs is 1. The van der Waals surface area contributed by atoms with Crippen molar-refractivity contribution in [3.63, 3.8) is 0 Å². The second-order valence-electron chi connectivity index (χ2n) is 5.20. The Morgan fingerprint density at radius 3 is 2.83 bits per heavy atom. The van der Waals surface area contributed by atoms with Crippen LogP contribution in [0.5, 0.6) is 0 Å². The Hall–Kier alpha value is -2.99. The molecule has 0 fully saturated rings. The quantitative estimate of drug-likeness (QED) is 0.412. The highest BCUT2D eigenvalue weighted by molar-refractivity contribution is 7.14. The van der Waals surface area contributed by atoms with Crippen molar-refractivity contribution in [3.8, 4) is 11.3 Å². The van der Waals surface area contributed by atoms with Crippen LogP contribution >= 0.6 is 11.3 Å². The van der Waals surface area contributed by atoms with Gasteiger partial charge < -0.3 is 4.98 Å². The second-order valence-corrected chi connectivity index (χ2v) is 6.06. The molecule has 2 N–H and O–H groups in total. The summed E-state index contributed by atoms with van der Waals surface area (Å²) < 4.78 is 13.0. The predicted molar refractivity (Wildman–Crippen MR) is 97.0 cm³/mol. The fraction of sp³-hybridized carbons (Fsp3) is 0. The number of aromatic nitrogens is 2. The zero-order valence-electron chi connectivity index (χ0n) is 12.5. The van der Waals surface area contributed by atoms with Crippen LogP contribution in [0, 0.1) is 5.82 Å². The van der Waals surface area contributed by atoms with E-state index in [2.05, 4.69) is 20.5 Å². The summed E-state index contributed by atoms with van der Waals surface area (Å²) in [5.41, 5.74) is 6.69. The SMILES string of the molecule is Fc1ccc(-c2csc(N/N=C/c3c[nH]c4ccccc34)n2)cc1. The van der Waals surface area contributed by atoms with Crippen molar-refractivity contribution < 1.29 is 4.39 Å². The molecule has 0 atom stereocenters. The standard InChI is InChI=1S/C18H13FN4S/c19-14-7-5-12(6-8-14)17-11-24-18(22-17)23-21-10-13-9-20-16-4-2-1-3-15(13)16/h1-11,20H,(H,22,23)/b21-10+. The van der Waals surface area contributed by atoms with Gasteiger partial charge in [-0.25, -0.2) is 9.37 Å². The number of hydrazone groups is 1. The second kappa shape index (κ2) is 6.25. The Labute approximate surface area is 141 Å². The molecule has 0 radical (unpaired) electrons. The van der Waals surface area contributed by atoms with Gasteiger partial charge in [-0.2, -0.15) is 5.10 Å². The third-order valence-electron chi connectivity index (χ3n) is 3.63. The molecule has 0 saturated heterocycles. The van der Waals surface area contributed by atoms with Crippen molar-refractivity contribution in [2.45, 2.75) is 0 Å². The Bertz CT molecular complexity index is 1000. The van der Waals surface area contributed by atoms with Crippen LogP contribution in [0.4, 0.5) is 9.52 Å².